The van der Waals surface area contributed by atoms with Crippen molar-refractivity contribution in [3.8, 4) is 5.75 Å². The molecule has 1 N–H and O–H groups in total. The van der Waals surface area contributed by atoms with Crippen LogP contribution in [-0.4, -0.2) is 26.4 Å². The minimum absolute atomic E-state index is 0.0680. The fourth-order valence-corrected chi connectivity index (χ4v) is 4.02. The van der Waals surface area contributed by atoms with Crippen LogP contribution in [0, 0.1) is 27.7 Å². The summed E-state index contributed by atoms with van der Waals surface area (Å²) in [5.41, 5.74) is 5.25. The summed E-state index contributed by atoms with van der Waals surface area (Å²) >= 11 is 1.36. The van der Waals surface area contributed by atoms with Gasteiger partial charge in [-0.3, -0.25) is 4.79 Å². The van der Waals surface area contributed by atoms with Gasteiger partial charge in [-0.1, -0.05) is 47.7 Å². The van der Waals surface area contributed by atoms with Gasteiger partial charge < -0.3 is 14.6 Å². The van der Waals surface area contributed by atoms with Crippen LogP contribution in [0.25, 0.3) is 0 Å². The summed E-state index contributed by atoms with van der Waals surface area (Å²) in [5.74, 6) is 1.74. The third-order valence-corrected chi connectivity index (χ3v) is 5.96. The summed E-state index contributed by atoms with van der Waals surface area (Å²) in [6.07, 6.45) is -0.262. The Morgan fingerprint density at radius 2 is 1.80 bits per heavy atom. The smallest absolute Gasteiger partial charge is 0.234 e. The molecule has 3 rings (SSSR count). The van der Waals surface area contributed by atoms with E-state index in [4.69, 9.17) is 4.74 Å². The topological polar surface area (TPSA) is 69.0 Å². The number of anilines is 1. The quantitative estimate of drug-likeness (QED) is 0.545. The molecule has 2 aromatic carbocycles. The Bertz CT molecular complexity index is 1040. The highest BCUT2D eigenvalue weighted by Gasteiger charge is 2.19. The predicted octanol–water partition coefficient (Wildman–Crippen LogP) is 4.92. The number of hydrogen-bond acceptors (Lipinski definition) is 5. The maximum absolute atomic E-state index is 12.4. The Morgan fingerprint density at radius 3 is 2.47 bits per heavy atom. The van der Waals surface area contributed by atoms with E-state index in [9.17, 15) is 4.79 Å². The summed E-state index contributed by atoms with van der Waals surface area (Å²) in [4.78, 5) is 12.4. The van der Waals surface area contributed by atoms with E-state index in [1.54, 1.807) is 0 Å². The number of carbonyl (C=O) groups excluding carboxylic acids is 1. The molecule has 1 amide bonds. The molecule has 6 nitrogen and oxygen atoms in total. The first-order chi connectivity index (χ1) is 14.3. The zero-order chi connectivity index (χ0) is 21.8. The molecular formula is C23H28N4O2S. The van der Waals surface area contributed by atoms with E-state index in [0.717, 1.165) is 28.1 Å². The molecule has 0 saturated carbocycles. The Balaban J connectivity index is 1.63. The summed E-state index contributed by atoms with van der Waals surface area (Å²) in [6.45, 7) is 10.0. The summed E-state index contributed by atoms with van der Waals surface area (Å²) in [5, 5.41) is 12.2. The Morgan fingerprint density at radius 1 is 1.10 bits per heavy atom. The van der Waals surface area contributed by atoms with Crippen LogP contribution in [-0.2, 0) is 11.8 Å². The van der Waals surface area contributed by atoms with Crippen molar-refractivity contribution >= 4 is 23.4 Å². The van der Waals surface area contributed by atoms with Gasteiger partial charge in [-0.05, 0) is 57.4 Å². The summed E-state index contributed by atoms with van der Waals surface area (Å²) in [7, 11) is 1.89. The maximum Gasteiger partial charge on any atom is 0.234 e. The standard InChI is InChI=1S/C23H28N4O2S/c1-14-10-11-19(17(4)12-14)29-18(5)22-25-26-23(27(22)6)30-13-20(28)24-21-15(2)8-7-9-16(21)3/h7-12,18H,13H2,1-6H3,(H,24,28). The number of para-hydroxylation sites is 1. The average Bonchev–Trinajstić information content (AvgIpc) is 3.06. The minimum atomic E-state index is -0.262. The highest BCUT2D eigenvalue weighted by molar-refractivity contribution is 7.99. The van der Waals surface area contributed by atoms with Gasteiger partial charge in [-0.15, -0.1) is 10.2 Å². The van der Waals surface area contributed by atoms with E-state index in [0.29, 0.717) is 11.0 Å². The molecule has 0 aliphatic rings. The summed E-state index contributed by atoms with van der Waals surface area (Å²) in [6, 6.07) is 12.1. The van der Waals surface area contributed by atoms with Crippen molar-refractivity contribution in [1.29, 1.82) is 0 Å². The number of thioether (sulfide) groups is 1. The molecule has 0 fully saturated rings. The van der Waals surface area contributed by atoms with Gasteiger partial charge in [-0.2, -0.15) is 0 Å². The second-order valence-corrected chi connectivity index (χ2v) is 8.47. The fraction of sp³-hybridized carbons (Fsp3) is 0.348. The molecule has 0 spiro atoms. The van der Waals surface area contributed by atoms with Crippen molar-refractivity contribution in [2.45, 2.75) is 45.9 Å². The third kappa shape index (κ3) is 5.02. The fourth-order valence-electron chi connectivity index (χ4n) is 3.30. The molecule has 0 aliphatic carbocycles. The van der Waals surface area contributed by atoms with Crippen LogP contribution < -0.4 is 10.1 Å². The van der Waals surface area contributed by atoms with Gasteiger partial charge in [0.05, 0.1) is 5.75 Å². The van der Waals surface area contributed by atoms with Crippen molar-refractivity contribution in [2.75, 3.05) is 11.1 Å². The average molecular weight is 425 g/mol. The van der Waals surface area contributed by atoms with Crippen LogP contribution in [0.1, 0.15) is 41.1 Å². The van der Waals surface area contributed by atoms with Gasteiger partial charge in [0.25, 0.3) is 0 Å². The van der Waals surface area contributed by atoms with E-state index in [-0.39, 0.29) is 17.8 Å². The number of nitrogens with zero attached hydrogens (tertiary/aromatic N) is 3. The van der Waals surface area contributed by atoms with Crippen molar-refractivity contribution < 1.29 is 9.53 Å². The predicted molar refractivity (Wildman–Crippen MR) is 121 cm³/mol. The lowest BCUT2D eigenvalue weighted by Crippen LogP contribution is -2.16. The molecule has 0 saturated heterocycles. The number of benzene rings is 2. The second-order valence-electron chi connectivity index (χ2n) is 7.53. The monoisotopic (exact) mass is 424 g/mol. The van der Waals surface area contributed by atoms with Crippen LogP contribution in [0.15, 0.2) is 41.6 Å². The molecule has 1 heterocycles. The zero-order valence-corrected chi connectivity index (χ0v) is 19.1. The molecule has 0 bridgehead atoms. The highest BCUT2D eigenvalue weighted by Crippen LogP contribution is 2.27. The van der Waals surface area contributed by atoms with E-state index >= 15 is 0 Å². The number of ether oxygens (including phenoxy) is 1. The summed E-state index contributed by atoms with van der Waals surface area (Å²) < 4.78 is 7.98. The lowest BCUT2D eigenvalue weighted by atomic mass is 10.1. The van der Waals surface area contributed by atoms with Gasteiger partial charge in [0.2, 0.25) is 5.91 Å². The van der Waals surface area contributed by atoms with Crippen molar-refractivity contribution in [2.24, 2.45) is 7.05 Å². The lowest BCUT2D eigenvalue weighted by molar-refractivity contribution is -0.113. The van der Waals surface area contributed by atoms with Crippen LogP contribution in [0.2, 0.25) is 0 Å². The largest absolute Gasteiger partial charge is 0.482 e. The van der Waals surface area contributed by atoms with Gasteiger partial charge in [0.1, 0.15) is 5.75 Å². The Kier molecular flexibility index (Phi) is 6.82. The molecular weight excluding hydrogens is 396 g/mol. The van der Waals surface area contributed by atoms with Gasteiger partial charge >= 0.3 is 0 Å². The number of carbonyl (C=O) groups is 1. The molecule has 3 aromatic rings. The Hall–Kier alpha value is -2.80. The molecule has 1 unspecified atom stereocenters. The molecule has 0 radical (unpaired) electrons. The van der Waals surface area contributed by atoms with Crippen molar-refractivity contribution in [3.05, 3.63) is 64.5 Å². The first-order valence-corrected chi connectivity index (χ1v) is 10.9. The molecule has 1 atom stereocenters. The molecule has 7 heteroatoms. The maximum atomic E-state index is 12.4. The lowest BCUT2D eigenvalue weighted by Gasteiger charge is -2.16. The second kappa shape index (κ2) is 9.34. The normalized spacial score (nSPS) is 11.9. The van der Waals surface area contributed by atoms with E-state index < -0.39 is 0 Å². The highest BCUT2D eigenvalue weighted by atomic mass is 32.2. The minimum Gasteiger partial charge on any atom is -0.482 e. The first-order valence-electron chi connectivity index (χ1n) is 9.88. The number of hydrogen-bond donors (Lipinski definition) is 1. The number of rotatable bonds is 7. The van der Waals surface area contributed by atoms with Crippen LogP contribution in [0.4, 0.5) is 5.69 Å². The number of nitrogens with one attached hydrogen (secondary N) is 1. The number of aromatic nitrogens is 3. The zero-order valence-electron chi connectivity index (χ0n) is 18.3. The van der Waals surface area contributed by atoms with Gasteiger partial charge in [0, 0.05) is 12.7 Å². The van der Waals surface area contributed by atoms with E-state index in [1.165, 1.54) is 17.3 Å². The first kappa shape index (κ1) is 21.9. The van der Waals surface area contributed by atoms with Crippen molar-refractivity contribution in [1.82, 2.24) is 14.8 Å². The molecule has 158 valence electrons. The van der Waals surface area contributed by atoms with E-state index in [2.05, 4.69) is 28.5 Å². The van der Waals surface area contributed by atoms with Crippen LogP contribution in [0.3, 0.4) is 0 Å². The molecule has 1 aromatic heterocycles. The van der Waals surface area contributed by atoms with Gasteiger partial charge in [0.15, 0.2) is 17.1 Å². The van der Waals surface area contributed by atoms with E-state index in [1.807, 2.05) is 69.6 Å². The van der Waals surface area contributed by atoms with Crippen LogP contribution in [0.5, 0.6) is 5.75 Å². The van der Waals surface area contributed by atoms with Gasteiger partial charge in [-0.25, -0.2) is 0 Å². The Labute approximate surface area is 182 Å². The number of aryl methyl sites for hydroxylation is 4. The van der Waals surface area contributed by atoms with Crippen LogP contribution >= 0.6 is 11.8 Å². The molecule has 0 aliphatic heterocycles. The van der Waals surface area contributed by atoms with Crippen molar-refractivity contribution in [3.63, 3.8) is 0 Å². The molecule has 30 heavy (non-hydrogen) atoms. The number of amides is 1. The SMILES string of the molecule is Cc1ccc(OC(C)c2nnc(SCC(=O)Nc3c(C)cccc3C)n2C)c(C)c1. The third-order valence-electron chi connectivity index (χ3n) is 4.94.